The Morgan fingerprint density at radius 1 is 1.29 bits per heavy atom. The molecule has 1 saturated heterocycles. The van der Waals surface area contributed by atoms with Crippen molar-refractivity contribution in [1.29, 1.82) is 0 Å². The predicted octanol–water partition coefficient (Wildman–Crippen LogP) is -2.78. The summed E-state index contributed by atoms with van der Waals surface area (Å²) in [5.74, 6) is -0.0886. The lowest BCUT2D eigenvalue weighted by Gasteiger charge is -2.40. The Bertz CT molecular complexity index is 266. The average Bonchev–Trinajstić information content (AvgIpc) is 2.29. The number of aliphatic hydroxyl groups is 4. The molecule has 0 aromatic carbocycles. The van der Waals surface area contributed by atoms with Crippen molar-refractivity contribution in [1.82, 2.24) is 5.32 Å². The van der Waals surface area contributed by atoms with Gasteiger partial charge in [-0.3, -0.25) is 4.79 Å². The summed E-state index contributed by atoms with van der Waals surface area (Å²) in [5, 5.41) is 40.0. The predicted molar refractivity (Wildman–Crippen MR) is 60.4 cm³/mol. The Hall–Kier alpha value is -0.380. The number of thiol groups is 1. The van der Waals surface area contributed by atoms with Crippen molar-refractivity contribution >= 4 is 18.5 Å². The zero-order valence-electron chi connectivity index (χ0n) is 9.06. The van der Waals surface area contributed by atoms with Crippen molar-refractivity contribution in [3.8, 4) is 0 Å². The third-order valence-electron chi connectivity index (χ3n) is 2.57. The molecule has 1 amide bonds. The molecule has 0 unspecified atom stereocenters. The number of nitrogens with one attached hydrogen (secondary N) is 1. The second-order valence-corrected chi connectivity index (χ2v) is 4.24. The van der Waals surface area contributed by atoms with Crippen molar-refractivity contribution < 1.29 is 30.0 Å². The maximum atomic E-state index is 11.3. The number of carbonyl (C=O) groups excluding carboxylic acids is 1. The summed E-state index contributed by atoms with van der Waals surface area (Å²) in [6, 6.07) is -1.12. The van der Waals surface area contributed by atoms with Gasteiger partial charge in [-0.15, -0.1) is 0 Å². The van der Waals surface area contributed by atoms with Gasteiger partial charge >= 0.3 is 0 Å². The summed E-state index contributed by atoms with van der Waals surface area (Å²) in [4.78, 5) is 11.3. The van der Waals surface area contributed by atoms with Crippen molar-refractivity contribution in [3.63, 3.8) is 0 Å². The molecule has 0 aromatic rings. The quantitative estimate of drug-likeness (QED) is 0.307. The van der Waals surface area contributed by atoms with E-state index in [0.717, 1.165) is 0 Å². The topological polar surface area (TPSA) is 119 Å². The monoisotopic (exact) mass is 267 g/mol. The minimum Gasteiger partial charge on any atom is -0.394 e. The molecule has 1 rings (SSSR count). The third kappa shape index (κ3) is 3.54. The Morgan fingerprint density at radius 2 is 1.94 bits per heavy atom. The maximum Gasteiger partial charge on any atom is 0.221 e. The van der Waals surface area contributed by atoms with Crippen LogP contribution >= 0.6 is 12.6 Å². The highest BCUT2D eigenvalue weighted by Gasteiger charge is 2.44. The summed E-state index contributed by atoms with van der Waals surface area (Å²) in [6.07, 6.45) is -5.20. The Morgan fingerprint density at radius 3 is 2.47 bits per heavy atom. The molecular weight excluding hydrogens is 250 g/mol. The van der Waals surface area contributed by atoms with E-state index in [4.69, 9.17) is 9.84 Å². The molecule has 5 atom stereocenters. The van der Waals surface area contributed by atoms with Gasteiger partial charge in [-0.05, 0) is 5.75 Å². The molecule has 100 valence electrons. The average molecular weight is 267 g/mol. The summed E-state index contributed by atoms with van der Waals surface area (Å²) < 4.78 is 4.87. The van der Waals surface area contributed by atoms with E-state index < -0.39 is 43.2 Å². The standard InChI is InChI=1S/C9H17NO6S/c11-3-4-7(13)8(14)6(9(15)16-4)10-5(12)1-2-17/h4,6-9,11,13-15,17H,1-3H2,(H,10,12)/t4-,6-,7-,8-,9-/m1/s1. The van der Waals surface area contributed by atoms with E-state index in [2.05, 4.69) is 17.9 Å². The van der Waals surface area contributed by atoms with Crippen LogP contribution in [0.1, 0.15) is 6.42 Å². The fourth-order valence-electron chi connectivity index (χ4n) is 1.61. The van der Waals surface area contributed by atoms with Gasteiger partial charge < -0.3 is 30.5 Å². The van der Waals surface area contributed by atoms with E-state index in [9.17, 15) is 20.1 Å². The largest absolute Gasteiger partial charge is 0.394 e. The summed E-state index contributed by atoms with van der Waals surface area (Å²) in [5.41, 5.74) is 0. The van der Waals surface area contributed by atoms with Gasteiger partial charge in [0.15, 0.2) is 6.29 Å². The van der Waals surface area contributed by atoms with Crippen LogP contribution in [0.15, 0.2) is 0 Å². The number of hydrogen-bond donors (Lipinski definition) is 6. The molecule has 0 aromatic heterocycles. The zero-order valence-corrected chi connectivity index (χ0v) is 9.96. The molecule has 0 aliphatic carbocycles. The van der Waals surface area contributed by atoms with Gasteiger partial charge in [-0.25, -0.2) is 0 Å². The highest BCUT2D eigenvalue weighted by atomic mass is 32.1. The number of ether oxygens (including phenoxy) is 1. The first-order chi connectivity index (χ1) is 8.01. The van der Waals surface area contributed by atoms with Crippen LogP contribution < -0.4 is 5.32 Å². The first-order valence-corrected chi connectivity index (χ1v) is 5.85. The van der Waals surface area contributed by atoms with Crippen LogP contribution in [0, 0.1) is 0 Å². The minimum atomic E-state index is -1.48. The highest BCUT2D eigenvalue weighted by molar-refractivity contribution is 7.80. The van der Waals surface area contributed by atoms with Gasteiger partial charge in [0, 0.05) is 6.42 Å². The molecule has 1 heterocycles. The number of rotatable bonds is 4. The summed E-state index contributed by atoms with van der Waals surface area (Å²) in [7, 11) is 0. The van der Waals surface area contributed by atoms with E-state index in [-0.39, 0.29) is 6.42 Å². The van der Waals surface area contributed by atoms with E-state index in [1.165, 1.54) is 0 Å². The summed E-state index contributed by atoms with van der Waals surface area (Å²) in [6.45, 7) is -0.535. The zero-order chi connectivity index (χ0) is 13.0. The first-order valence-electron chi connectivity index (χ1n) is 5.22. The lowest BCUT2D eigenvalue weighted by atomic mass is 9.97. The fourth-order valence-corrected chi connectivity index (χ4v) is 1.82. The van der Waals surface area contributed by atoms with Crippen LogP contribution in [-0.4, -0.2) is 69.3 Å². The number of aliphatic hydroxyl groups excluding tert-OH is 4. The van der Waals surface area contributed by atoms with Crippen LogP contribution in [0.3, 0.4) is 0 Å². The van der Waals surface area contributed by atoms with Crippen LogP contribution in [0.5, 0.6) is 0 Å². The number of carbonyl (C=O) groups is 1. The molecule has 8 heteroatoms. The second-order valence-electron chi connectivity index (χ2n) is 3.80. The lowest BCUT2D eigenvalue weighted by Crippen LogP contribution is -2.64. The van der Waals surface area contributed by atoms with Crippen LogP contribution in [0.4, 0.5) is 0 Å². The molecule has 17 heavy (non-hydrogen) atoms. The molecule has 1 fully saturated rings. The van der Waals surface area contributed by atoms with E-state index >= 15 is 0 Å². The molecule has 7 nitrogen and oxygen atoms in total. The van der Waals surface area contributed by atoms with Gasteiger partial charge in [0.05, 0.1) is 6.61 Å². The first kappa shape index (κ1) is 14.7. The smallest absolute Gasteiger partial charge is 0.221 e. The molecule has 0 radical (unpaired) electrons. The van der Waals surface area contributed by atoms with Gasteiger partial charge in [0.25, 0.3) is 0 Å². The molecule has 1 aliphatic rings. The molecule has 0 saturated carbocycles. The minimum absolute atomic E-state index is 0.124. The van der Waals surface area contributed by atoms with Crippen molar-refractivity contribution in [2.45, 2.75) is 37.1 Å². The molecular formula is C9H17NO6S. The van der Waals surface area contributed by atoms with Gasteiger partial charge in [-0.1, -0.05) is 0 Å². The SMILES string of the molecule is O=C(CCS)N[C@@H]1[C@@H](O)[C@H](O)[C@@H](CO)O[C@H]1O. The van der Waals surface area contributed by atoms with Gasteiger partial charge in [0.2, 0.25) is 5.91 Å². The van der Waals surface area contributed by atoms with Crippen molar-refractivity contribution in [2.24, 2.45) is 0 Å². The fraction of sp³-hybridized carbons (Fsp3) is 0.889. The van der Waals surface area contributed by atoms with Crippen LogP contribution in [-0.2, 0) is 9.53 Å². The van der Waals surface area contributed by atoms with Gasteiger partial charge in [-0.2, -0.15) is 12.6 Å². The maximum absolute atomic E-state index is 11.3. The second kappa shape index (κ2) is 6.53. The van der Waals surface area contributed by atoms with Crippen molar-refractivity contribution in [3.05, 3.63) is 0 Å². The molecule has 0 spiro atoms. The lowest BCUT2D eigenvalue weighted by molar-refractivity contribution is -0.253. The third-order valence-corrected chi connectivity index (χ3v) is 2.79. The van der Waals surface area contributed by atoms with Crippen molar-refractivity contribution in [2.75, 3.05) is 12.4 Å². The van der Waals surface area contributed by atoms with Crippen LogP contribution in [0.2, 0.25) is 0 Å². The summed E-state index contributed by atoms with van der Waals surface area (Å²) >= 11 is 3.87. The highest BCUT2D eigenvalue weighted by Crippen LogP contribution is 2.19. The molecule has 1 aliphatic heterocycles. The van der Waals surface area contributed by atoms with E-state index in [1.807, 2.05) is 0 Å². The van der Waals surface area contributed by atoms with Crippen LogP contribution in [0.25, 0.3) is 0 Å². The Labute approximate surface area is 104 Å². The molecule has 0 bridgehead atoms. The van der Waals surface area contributed by atoms with E-state index in [1.54, 1.807) is 0 Å². The number of hydrogen-bond acceptors (Lipinski definition) is 7. The Kier molecular flexibility index (Phi) is 5.63. The number of amides is 1. The van der Waals surface area contributed by atoms with Gasteiger partial charge in [0.1, 0.15) is 24.4 Å². The molecule has 5 N–H and O–H groups in total. The normalized spacial score (nSPS) is 37.8. The van der Waals surface area contributed by atoms with E-state index in [0.29, 0.717) is 5.75 Å². The Balaban J connectivity index is 2.63.